The van der Waals surface area contributed by atoms with E-state index in [-0.39, 0.29) is 36.1 Å². The van der Waals surface area contributed by atoms with Gasteiger partial charge in [-0.05, 0) is 68.4 Å². The molecule has 0 radical (unpaired) electrons. The van der Waals surface area contributed by atoms with Crippen molar-refractivity contribution in [2.24, 2.45) is 0 Å². The van der Waals surface area contributed by atoms with Gasteiger partial charge in [0.2, 0.25) is 23.3 Å². The zero-order chi connectivity index (χ0) is 44.8. The molecular formula is C31H20Br2F4N4O16S. The van der Waals surface area contributed by atoms with Crippen molar-refractivity contribution in [3.63, 3.8) is 0 Å². The number of ether oxygens (including phenoxy) is 2. The molecule has 0 spiro atoms. The summed E-state index contributed by atoms with van der Waals surface area (Å²) >= 11 is 6.45. The minimum atomic E-state index is -1.35. The molecular weight excluding hydrogens is 952 g/mol. The number of carbonyl (C=O) groups is 4. The van der Waals surface area contributed by atoms with Gasteiger partial charge in [0, 0.05) is 24.3 Å². The molecule has 0 heterocycles. The van der Waals surface area contributed by atoms with Gasteiger partial charge in [0.15, 0.2) is 0 Å². The lowest BCUT2D eigenvalue weighted by molar-refractivity contribution is -0.387. The number of esters is 2. The smallest absolute Gasteiger partial charge is 0.338 e. The van der Waals surface area contributed by atoms with Gasteiger partial charge in [0.05, 0.1) is 70.0 Å². The highest BCUT2D eigenvalue weighted by molar-refractivity contribution is 9.10. The van der Waals surface area contributed by atoms with Crippen molar-refractivity contribution in [1.29, 1.82) is 0 Å². The third-order valence-electron chi connectivity index (χ3n) is 6.33. The van der Waals surface area contributed by atoms with Gasteiger partial charge >= 0.3 is 46.6 Å². The molecule has 0 saturated carbocycles. The first-order valence-electron chi connectivity index (χ1n) is 14.3. The molecule has 0 atom stereocenters. The number of methoxy groups -OCH3 is 2. The number of nitrogens with zero attached hydrogens (tertiary/aromatic N) is 4. The molecule has 20 nitrogen and oxygen atoms in total. The van der Waals surface area contributed by atoms with Crippen LogP contribution in [0.15, 0.2) is 68.4 Å². The van der Waals surface area contributed by atoms with Gasteiger partial charge in [-0.1, -0.05) is 0 Å². The van der Waals surface area contributed by atoms with Crippen molar-refractivity contribution in [2.75, 3.05) is 20.5 Å². The molecule has 0 saturated heterocycles. The van der Waals surface area contributed by atoms with Gasteiger partial charge in [-0.2, -0.15) is 17.6 Å². The summed E-state index contributed by atoms with van der Waals surface area (Å²) in [4.78, 5) is 80.8. The SMILES string of the molecule is COC(=O)c1cc(Br)c(F)c([N+](=O)[O-])c1.COC(=O)c1cc(SC)c(F)c([N+](=O)[O-])c1.O=C(O)c1cc(Br)c(F)c([N+](=O)[O-])c1.O=C(O)c1ccc(F)c([N+](=O)[O-])c1. The number of hydrogen-bond acceptors (Lipinski definition) is 15. The fourth-order valence-corrected chi connectivity index (χ4v) is 5.09. The maximum Gasteiger partial charge on any atom is 0.338 e. The topological polar surface area (TPSA) is 300 Å². The lowest BCUT2D eigenvalue weighted by Crippen LogP contribution is -2.04. The number of halogens is 6. The summed E-state index contributed by atoms with van der Waals surface area (Å²) in [5.74, 6) is -8.28. The van der Waals surface area contributed by atoms with E-state index < -0.39 is 89.6 Å². The number of benzene rings is 4. The molecule has 0 aliphatic carbocycles. The third-order valence-corrected chi connectivity index (χ3v) is 8.22. The Bertz CT molecular complexity index is 2320. The summed E-state index contributed by atoms with van der Waals surface area (Å²) in [5.41, 5.74) is -3.98. The molecule has 0 bridgehead atoms. The zero-order valence-electron chi connectivity index (χ0n) is 28.8. The van der Waals surface area contributed by atoms with Crippen molar-refractivity contribution in [3.8, 4) is 0 Å². The molecule has 4 aromatic carbocycles. The van der Waals surface area contributed by atoms with Crippen molar-refractivity contribution >= 4 is 90.2 Å². The van der Waals surface area contributed by atoms with E-state index in [1.807, 2.05) is 0 Å². The highest BCUT2D eigenvalue weighted by Crippen LogP contribution is 2.30. The molecule has 0 aliphatic heterocycles. The Morgan fingerprint density at radius 2 is 0.914 bits per heavy atom. The first-order valence-corrected chi connectivity index (χ1v) is 17.1. The van der Waals surface area contributed by atoms with E-state index in [2.05, 4.69) is 41.3 Å². The number of carbonyl (C=O) groups excluding carboxylic acids is 2. The molecule has 4 rings (SSSR count). The molecule has 58 heavy (non-hydrogen) atoms. The number of nitro benzene ring substituents is 4. The Morgan fingerprint density at radius 3 is 1.28 bits per heavy atom. The maximum absolute atomic E-state index is 13.5. The molecule has 0 fully saturated rings. The zero-order valence-corrected chi connectivity index (χ0v) is 32.8. The van der Waals surface area contributed by atoms with Gasteiger partial charge < -0.3 is 19.7 Å². The number of nitro groups is 4. The molecule has 0 aliphatic rings. The van der Waals surface area contributed by atoms with Crippen molar-refractivity contribution in [2.45, 2.75) is 4.90 Å². The highest BCUT2D eigenvalue weighted by atomic mass is 79.9. The molecule has 2 N–H and O–H groups in total. The van der Waals surface area contributed by atoms with Crippen LogP contribution in [0.3, 0.4) is 0 Å². The third kappa shape index (κ3) is 13.5. The Morgan fingerprint density at radius 1 is 0.569 bits per heavy atom. The van der Waals surface area contributed by atoms with Crippen LogP contribution in [0.2, 0.25) is 0 Å². The van der Waals surface area contributed by atoms with Gasteiger partial charge in [0.25, 0.3) is 0 Å². The Kier molecular flexibility index (Phi) is 18.9. The van der Waals surface area contributed by atoms with Gasteiger partial charge in [-0.25, -0.2) is 19.2 Å². The van der Waals surface area contributed by atoms with Crippen molar-refractivity contribution in [1.82, 2.24) is 0 Å². The molecule has 0 unspecified atom stereocenters. The van der Waals surface area contributed by atoms with E-state index in [4.69, 9.17) is 10.2 Å². The van der Waals surface area contributed by atoms with Gasteiger partial charge in [0.1, 0.15) is 0 Å². The molecule has 27 heteroatoms. The standard InChI is InChI=1S/C9H8FNO4S.C8H5BrFNO4.C7H3BrFNO4.C7H4FNO4/c1-15-9(12)5-3-6(11(13)14)8(10)7(4-5)16-2;1-15-8(12)4-2-5(9)7(10)6(3-4)11(13)14;8-4-1-3(7(11)12)2-5(6(4)9)10(13)14;8-5-2-1-4(7(10)11)3-6(5)9(12)13/h3-4H,1-2H3;2-3H,1H3;1-2H,(H,11,12);1-3H,(H,10,11). The van der Waals surface area contributed by atoms with Crippen LogP contribution >= 0.6 is 43.6 Å². The van der Waals surface area contributed by atoms with Crippen molar-refractivity contribution < 1.29 is 76.1 Å². The quantitative estimate of drug-likeness (QED) is 0.0525. The van der Waals surface area contributed by atoms with Crippen LogP contribution in [-0.2, 0) is 9.47 Å². The number of carboxylic acids is 2. The van der Waals surface area contributed by atoms with E-state index in [0.717, 1.165) is 62.4 Å². The summed E-state index contributed by atoms with van der Waals surface area (Å²) in [5, 5.41) is 58.4. The van der Waals surface area contributed by atoms with E-state index in [1.165, 1.54) is 6.07 Å². The van der Waals surface area contributed by atoms with E-state index in [0.29, 0.717) is 12.1 Å². The number of hydrogen-bond donors (Lipinski definition) is 2. The number of thioether (sulfide) groups is 1. The van der Waals surface area contributed by atoms with E-state index >= 15 is 0 Å². The summed E-state index contributed by atoms with van der Waals surface area (Å²) in [6, 6.07) is 8.05. The minimum absolute atomic E-state index is 0.0367. The van der Waals surface area contributed by atoms with Crippen LogP contribution in [0.25, 0.3) is 0 Å². The summed E-state index contributed by atoms with van der Waals surface area (Å²) in [6.07, 6.45) is 1.56. The average Bonchev–Trinajstić information content (AvgIpc) is 3.16. The Labute approximate surface area is 340 Å². The highest BCUT2D eigenvalue weighted by Gasteiger charge is 2.24. The molecule has 308 valence electrons. The van der Waals surface area contributed by atoms with Crippen LogP contribution < -0.4 is 0 Å². The minimum Gasteiger partial charge on any atom is -0.478 e. The lowest BCUT2D eigenvalue weighted by atomic mass is 10.2. The first kappa shape index (κ1) is 49.4. The second-order valence-corrected chi connectivity index (χ2v) is 12.4. The lowest BCUT2D eigenvalue weighted by Gasteiger charge is -2.04. The van der Waals surface area contributed by atoms with Crippen LogP contribution in [0, 0.1) is 63.7 Å². The van der Waals surface area contributed by atoms with Crippen LogP contribution in [0.1, 0.15) is 41.4 Å². The van der Waals surface area contributed by atoms with Gasteiger partial charge in [-0.3, -0.25) is 40.5 Å². The summed E-state index contributed by atoms with van der Waals surface area (Å²) in [7, 11) is 2.28. The molecule has 0 aromatic heterocycles. The average molecular weight is 972 g/mol. The molecule has 0 amide bonds. The second kappa shape index (κ2) is 22.2. The number of aromatic carboxylic acids is 2. The Hall–Kier alpha value is -6.61. The first-order chi connectivity index (χ1) is 26.9. The van der Waals surface area contributed by atoms with E-state index in [1.54, 1.807) is 6.26 Å². The number of rotatable bonds is 9. The van der Waals surface area contributed by atoms with Crippen LogP contribution in [-0.4, -0.2) is 74.3 Å². The second-order valence-electron chi connectivity index (χ2n) is 9.88. The summed E-state index contributed by atoms with van der Waals surface area (Å²) in [6.45, 7) is 0. The maximum atomic E-state index is 13.5. The predicted octanol–water partition coefficient (Wildman–Crippen LogP) is 8.15. The predicted molar refractivity (Wildman–Crippen MR) is 196 cm³/mol. The number of carboxylic acid groups (broad SMARTS) is 2. The Balaban J connectivity index is 0.000000388. The summed E-state index contributed by atoms with van der Waals surface area (Å²) < 4.78 is 60.7. The normalized spacial score (nSPS) is 9.81. The van der Waals surface area contributed by atoms with Crippen LogP contribution in [0.4, 0.5) is 40.3 Å². The monoisotopic (exact) mass is 970 g/mol. The fourth-order valence-electron chi connectivity index (χ4n) is 3.66. The molecule has 4 aromatic rings. The fraction of sp³-hybridized carbons (Fsp3) is 0.0968. The largest absolute Gasteiger partial charge is 0.478 e. The van der Waals surface area contributed by atoms with Crippen LogP contribution in [0.5, 0.6) is 0 Å². The van der Waals surface area contributed by atoms with Gasteiger partial charge in [-0.15, -0.1) is 11.8 Å². The van der Waals surface area contributed by atoms with E-state index in [9.17, 15) is 77.2 Å². The van der Waals surface area contributed by atoms with Crippen molar-refractivity contribution in [3.05, 3.63) is 150 Å².